The van der Waals surface area contributed by atoms with Crippen molar-refractivity contribution in [2.45, 2.75) is 18.4 Å². The molecule has 11 nitrogen and oxygen atoms in total. The molecule has 0 aromatic heterocycles. The van der Waals surface area contributed by atoms with Crippen molar-refractivity contribution in [3.8, 4) is 0 Å². The molecule has 0 aliphatic carbocycles. The third-order valence-electron chi connectivity index (χ3n) is 1.29. The number of carbonyl (C=O) groups is 3. The smallest absolute Gasteiger partial charge is 1.00 e. The Balaban J connectivity index is -0.0000000627. The molecular weight excluding hydrogens is 326 g/mol. The molecule has 0 amide bonds. The van der Waals surface area contributed by atoms with Gasteiger partial charge in [0.2, 0.25) is 0 Å². The normalized spacial score (nSPS) is 9.95. The van der Waals surface area contributed by atoms with E-state index in [4.69, 9.17) is 37.9 Å². The van der Waals surface area contributed by atoms with E-state index in [1.54, 1.807) is 0 Å². The molecule has 0 radical (unpaired) electrons. The van der Waals surface area contributed by atoms with Crippen LogP contribution in [0.5, 0.6) is 0 Å². The third-order valence-corrected chi connectivity index (χ3v) is 1.29. The molecular formula is C6H12Na2O11S. The molecule has 0 aliphatic rings. The molecule has 20 heavy (non-hydrogen) atoms. The number of carboxylic acid groups (broad SMARTS) is 3. The van der Waals surface area contributed by atoms with Crippen LogP contribution >= 0.6 is 0 Å². The van der Waals surface area contributed by atoms with Gasteiger partial charge >= 0.3 is 87.4 Å². The summed E-state index contributed by atoms with van der Waals surface area (Å²) in [7, 11) is -4.67. The van der Waals surface area contributed by atoms with Gasteiger partial charge in [-0.2, -0.15) is 8.42 Å². The molecule has 0 fully saturated rings. The van der Waals surface area contributed by atoms with Gasteiger partial charge in [-0.15, -0.1) is 0 Å². The van der Waals surface area contributed by atoms with Crippen molar-refractivity contribution in [1.29, 1.82) is 0 Å². The van der Waals surface area contributed by atoms with Crippen molar-refractivity contribution in [3.05, 3.63) is 0 Å². The van der Waals surface area contributed by atoms with Crippen molar-refractivity contribution in [3.63, 3.8) is 0 Å². The van der Waals surface area contributed by atoms with Crippen molar-refractivity contribution >= 4 is 28.3 Å². The van der Waals surface area contributed by atoms with E-state index in [0.717, 1.165) is 0 Å². The van der Waals surface area contributed by atoms with E-state index < -0.39 is 46.7 Å². The summed E-state index contributed by atoms with van der Waals surface area (Å²) in [5.41, 5.74) is -2.74. The summed E-state index contributed by atoms with van der Waals surface area (Å²) in [4.78, 5) is 30.5. The summed E-state index contributed by atoms with van der Waals surface area (Å²) in [5, 5.41) is 33.8. The summed E-state index contributed by atoms with van der Waals surface area (Å²) in [6.07, 6.45) is -2.29. The summed E-state index contributed by atoms with van der Waals surface area (Å²) >= 11 is 0. The first-order valence-electron chi connectivity index (χ1n) is 3.87. The molecule has 0 unspecified atom stereocenters. The molecule has 0 rings (SSSR count). The van der Waals surface area contributed by atoms with Crippen molar-refractivity contribution in [2.24, 2.45) is 0 Å². The number of hydrogen-bond donors (Lipinski definition) is 6. The molecule has 0 bridgehead atoms. The summed E-state index contributed by atoms with van der Waals surface area (Å²) in [5.74, 6) is -5.02. The zero-order chi connectivity index (χ0) is 15.1. The average molecular weight is 338 g/mol. The van der Waals surface area contributed by atoms with Gasteiger partial charge in [-0.1, -0.05) is 0 Å². The van der Waals surface area contributed by atoms with Crippen LogP contribution in [0.4, 0.5) is 0 Å². The Labute approximate surface area is 160 Å². The minimum absolute atomic E-state index is 0. The van der Waals surface area contributed by atoms with Gasteiger partial charge in [-0.3, -0.25) is 18.7 Å². The zero-order valence-corrected chi connectivity index (χ0v) is 15.4. The first-order chi connectivity index (χ1) is 7.78. The topological polar surface area (TPSA) is 207 Å². The van der Waals surface area contributed by atoms with E-state index >= 15 is 0 Å². The molecule has 6 N–H and O–H groups in total. The van der Waals surface area contributed by atoms with Crippen molar-refractivity contribution in [2.75, 3.05) is 0 Å². The molecule has 0 aliphatic heterocycles. The zero-order valence-electron chi connectivity index (χ0n) is 12.5. The fraction of sp³-hybridized carbons (Fsp3) is 0.500. The van der Waals surface area contributed by atoms with Crippen LogP contribution in [0.3, 0.4) is 0 Å². The van der Waals surface area contributed by atoms with Crippen LogP contribution in [-0.2, 0) is 24.8 Å². The van der Waals surface area contributed by atoms with Crippen LogP contribution in [0.15, 0.2) is 0 Å². The molecule has 0 saturated carbocycles. The Bertz CT molecular complexity index is 416. The predicted molar refractivity (Wildman–Crippen MR) is 53.5 cm³/mol. The summed E-state index contributed by atoms with van der Waals surface area (Å²) in [6, 6.07) is 0. The van der Waals surface area contributed by atoms with Gasteiger partial charge in [0.05, 0.1) is 12.8 Å². The predicted octanol–water partition coefficient (Wildman–Crippen LogP) is -7.67. The molecule has 0 heterocycles. The SMILES string of the molecule is O=C(O)CC(O)(CC(=O)O)C(=O)O.O=S(=O)(O)O.[H-].[H-].[Na+].[Na+]. The van der Waals surface area contributed by atoms with E-state index in [0.29, 0.717) is 0 Å². The van der Waals surface area contributed by atoms with E-state index in [2.05, 4.69) is 0 Å². The molecule has 0 saturated heterocycles. The Kier molecular flexibility index (Phi) is 16.8. The minimum atomic E-state index is -4.67. The van der Waals surface area contributed by atoms with Gasteiger partial charge in [0.25, 0.3) is 0 Å². The standard InChI is InChI=1S/C6H8O7.2Na.H2O4S.2H/c7-3(8)1-6(13,5(11)12)2-4(9)10;;;1-5(2,3)4;;/h13H,1-2H2,(H,7,8)(H,9,10)(H,11,12);;;(H2,1,2,3,4);;/q;2*+1;;2*-1. The number of aliphatic hydroxyl groups is 1. The first-order valence-corrected chi connectivity index (χ1v) is 5.27. The minimum Gasteiger partial charge on any atom is -1.00 e. The maximum atomic E-state index is 10.3. The van der Waals surface area contributed by atoms with Crippen molar-refractivity contribution < 1.29 is 114 Å². The second-order valence-corrected chi connectivity index (χ2v) is 3.82. The molecule has 0 aromatic rings. The average Bonchev–Trinajstić information content (AvgIpc) is 1.95. The number of carboxylic acids is 3. The molecule has 0 atom stereocenters. The van der Waals surface area contributed by atoms with Crippen LogP contribution < -0.4 is 59.1 Å². The van der Waals surface area contributed by atoms with Crippen LogP contribution in [-0.4, -0.2) is 61.5 Å². The fourth-order valence-corrected chi connectivity index (χ4v) is 0.714. The monoisotopic (exact) mass is 338 g/mol. The van der Waals surface area contributed by atoms with Gasteiger partial charge in [-0.25, -0.2) is 4.79 Å². The van der Waals surface area contributed by atoms with Gasteiger partial charge in [0.1, 0.15) is 0 Å². The van der Waals surface area contributed by atoms with Gasteiger partial charge in [0.15, 0.2) is 5.60 Å². The number of hydrogen-bond acceptors (Lipinski definition) is 6. The van der Waals surface area contributed by atoms with Crippen molar-refractivity contribution in [1.82, 2.24) is 0 Å². The maximum Gasteiger partial charge on any atom is 1.00 e. The Morgan fingerprint density at radius 1 is 0.900 bits per heavy atom. The van der Waals surface area contributed by atoms with Crippen LogP contribution in [0.2, 0.25) is 0 Å². The second-order valence-electron chi connectivity index (χ2n) is 2.93. The Morgan fingerprint density at radius 2 is 1.10 bits per heavy atom. The maximum absolute atomic E-state index is 10.3. The Morgan fingerprint density at radius 3 is 1.20 bits per heavy atom. The quantitative estimate of drug-likeness (QED) is 0.205. The summed E-state index contributed by atoms with van der Waals surface area (Å²) in [6.45, 7) is 0. The van der Waals surface area contributed by atoms with Crippen LogP contribution in [0, 0.1) is 0 Å². The van der Waals surface area contributed by atoms with E-state index in [1.165, 1.54) is 0 Å². The molecule has 0 spiro atoms. The molecule has 0 aromatic carbocycles. The number of aliphatic carboxylic acids is 3. The van der Waals surface area contributed by atoms with Crippen LogP contribution in [0.1, 0.15) is 15.7 Å². The number of rotatable bonds is 5. The second kappa shape index (κ2) is 11.9. The molecule has 110 valence electrons. The molecule has 14 heteroatoms. The fourth-order valence-electron chi connectivity index (χ4n) is 0.714. The van der Waals surface area contributed by atoms with Gasteiger partial charge < -0.3 is 23.3 Å². The summed E-state index contributed by atoms with van der Waals surface area (Å²) < 4.78 is 31.6. The Hall–Kier alpha value is 0.240. The van der Waals surface area contributed by atoms with E-state index in [9.17, 15) is 14.4 Å². The van der Waals surface area contributed by atoms with E-state index in [1.807, 2.05) is 0 Å². The van der Waals surface area contributed by atoms with E-state index in [-0.39, 0.29) is 62.0 Å². The van der Waals surface area contributed by atoms with Gasteiger partial charge in [-0.05, 0) is 0 Å². The third kappa shape index (κ3) is 20.6. The first kappa shape index (κ1) is 28.4. The van der Waals surface area contributed by atoms with Crippen LogP contribution in [0.25, 0.3) is 0 Å². The largest absolute Gasteiger partial charge is 1.00 e. The van der Waals surface area contributed by atoms with Gasteiger partial charge in [0, 0.05) is 0 Å².